The van der Waals surface area contributed by atoms with Gasteiger partial charge in [-0.15, -0.1) is 0 Å². The average Bonchev–Trinajstić information content (AvgIpc) is 2.86. The standard InChI is InChI=1S/C26H27F2N5O2/c27-20-7-8-21(28)22(11-20)31-26(35)32-9-1-2-10-33-23(14-32)25(24(33)15-34)18-5-3-17(4-6-18)19-12-29-16-30-13-19/h3-8,11-13,16,23-25,34H,1-2,9-10,14-15H2,(H,31,35)/t23-,24-,25+/m1/s1. The zero-order chi connectivity index (χ0) is 24.4. The van der Waals surface area contributed by atoms with Crippen LogP contribution in [0.3, 0.4) is 0 Å². The third-order valence-corrected chi connectivity index (χ3v) is 7.02. The summed E-state index contributed by atoms with van der Waals surface area (Å²) < 4.78 is 27.7. The molecule has 2 saturated heterocycles. The first-order valence-electron chi connectivity index (χ1n) is 11.8. The molecule has 0 spiro atoms. The highest BCUT2D eigenvalue weighted by molar-refractivity contribution is 5.89. The summed E-state index contributed by atoms with van der Waals surface area (Å²) in [4.78, 5) is 25.1. The Morgan fingerprint density at radius 3 is 2.51 bits per heavy atom. The zero-order valence-electron chi connectivity index (χ0n) is 19.1. The van der Waals surface area contributed by atoms with Gasteiger partial charge in [0.25, 0.3) is 0 Å². The maximum Gasteiger partial charge on any atom is 0.321 e. The zero-order valence-corrected chi connectivity index (χ0v) is 19.1. The minimum Gasteiger partial charge on any atom is -0.395 e. The number of rotatable bonds is 4. The van der Waals surface area contributed by atoms with Crippen molar-refractivity contribution in [3.05, 3.63) is 78.4 Å². The number of benzene rings is 2. The van der Waals surface area contributed by atoms with Crippen LogP contribution >= 0.6 is 0 Å². The predicted molar refractivity (Wildman–Crippen MR) is 128 cm³/mol. The van der Waals surface area contributed by atoms with E-state index in [4.69, 9.17) is 0 Å². The summed E-state index contributed by atoms with van der Waals surface area (Å²) in [5.74, 6) is -1.25. The van der Waals surface area contributed by atoms with Crippen LogP contribution in [-0.2, 0) is 0 Å². The van der Waals surface area contributed by atoms with Crippen molar-refractivity contribution in [1.82, 2.24) is 19.8 Å². The van der Waals surface area contributed by atoms with Crippen molar-refractivity contribution in [1.29, 1.82) is 0 Å². The van der Waals surface area contributed by atoms with Crippen molar-refractivity contribution in [2.75, 3.05) is 31.6 Å². The van der Waals surface area contributed by atoms with Gasteiger partial charge in [-0.3, -0.25) is 4.90 Å². The highest BCUT2D eigenvalue weighted by Crippen LogP contribution is 2.42. The van der Waals surface area contributed by atoms with Gasteiger partial charge < -0.3 is 15.3 Å². The molecule has 3 aromatic rings. The Bertz CT molecular complexity index is 1180. The highest BCUT2D eigenvalue weighted by atomic mass is 19.1. The summed E-state index contributed by atoms with van der Waals surface area (Å²) in [7, 11) is 0. The van der Waals surface area contributed by atoms with E-state index in [0.717, 1.165) is 54.3 Å². The minimum absolute atomic E-state index is 0.0152. The van der Waals surface area contributed by atoms with Gasteiger partial charge in [0.05, 0.1) is 12.3 Å². The lowest BCUT2D eigenvalue weighted by Gasteiger charge is -2.57. The topological polar surface area (TPSA) is 81.6 Å². The highest BCUT2D eigenvalue weighted by Gasteiger charge is 2.49. The minimum atomic E-state index is -0.681. The molecule has 0 aliphatic carbocycles. The van der Waals surface area contributed by atoms with Gasteiger partial charge in [0.15, 0.2) is 0 Å². The van der Waals surface area contributed by atoms with Gasteiger partial charge in [-0.1, -0.05) is 24.3 Å². The van der Waals surface area contributed by atoms with E-state index in [1.165, 1.54) is 6.33 Å². The van der Waals surface area contributed by atoms with Crippen LogP contribution < -0.4 is 5.32 Å². The van der Waals surface area contributed by atoms with Gasteiger partial charge in [0.2, 0.25) is 0 Å². The molecule has 2 aliphatic heterocycles. The van der Waals surface area contributed by atoms with Crippen molar-refractivity contribution in [3.63, 3.8) is 0 Å². The van der Waals surface area contributed by atoms with Crippen LogP contribution in [0.5, 0.6) is 0 Å². The van der Waals surface area contributed by atoms with E-state index in [-0.39, 0.29) is 30.3 Å². The maximum atomic E-state index is 14.1. The van der Waals surface area contributed by atoms with E-state index in [1.54, 1.807) is 17.3 Å². The molecule has 3 atom stereocenters. The lowest BCUT2D eigenvalue weighted by Crippen LogP contribution is -2.68. The lowest BCUT2D eigenvalue weighted by atomic mass is 9.74. The molecule has 182 valence electrons. The fourth-order valence-electron chi connectivity index (χ4n) is 5.26. The summed E-state index contributed by atoms with van der Waals surface area (Å²) in [6, 6.07) is 10.7. The summed E-state index contributed by atoms with van der Waals surface area (Å²) in [5, 5.41) is 12.7. The van der Waals surface area contributed by atoms with Crippen molar-refractivity contribution >= 4 is 11.7 Å². The molecule has 2 N–H and O–H groups in total. The smallest absolute Gasteiger partial charge is 0.321 e. The summed E-state index contributed by atoms with van der Waals surface area (Å²) >= 11 is 0. The first kappa shape index (κ1) is 23.3. The molecule has 2 amide bonds. The molecule has 5 rings (SSSR count). The third kappa shape index (κ3) is 4.74. The number of fused-ring (bicyclic) bond motifs is 1. The van der Waals surface area contributed by atoms with E-state index >= 15 is 0 Å². The lowest BCUT2D eigenvalue weighted by molar-refractivity contribution is -0.0585. The molecule has 0 radical (unpaired) electrons. The van der Waals surface area contributed by atoms with Crippen LogP contribution in [0.1, 0.15) is 24.3 Å². The van der Waals surface area contributed by atoms with E-state index in [9.17, 15) is 18.7 Å². The number of anilines is 1. The molecule has 3 heterocycles. The number of urea groups is 1. The molecular weight excluding hydrogens is 452 g/mol. The van der Waals surface area contributed by atoms with Crippen LogP contribution in [0.25, 0.3) is 11.1 Å². The van der Waals surface area contributed by atoms with Gasteiger partial charge in [0, 0.05) is 55.1 Å². The molecule has 2 aromatic carbocycles. The Kier molecular flexibility index (Phi) is 6.70. The molecule has 0 saturated carbocycles. The summed E-state index contributed by atoms with van der Waals surface area (Å²) in [6.07, 6.45) is 6.68. The van der Waals surface area contributed by atoms with Crippen LogP contribution in [0, 0.1) is 11.6 Å². The molecular formula is C26H27F2N5O2. The summed E-state index contributed by atoms with van der Waals surface area (Å²) in [6.45, 7) is 1.82. The third-order valence-electron chi connectivity index (χ3n) is 7.02. The number of nitrogens with one attached hydrogen (secondary N) is 1. The number of nitrogens with zero attached hydrogens (tertiary/aromatic N) is 4. The van der Waals surface area contributed by atoms with Crippen LogP contribution in [0.2, 0.25) is 0 Å². The van der Waals surface area contributed by atoms with Crippen molar-refractivity contribution in [2.45, 2.75) is 30.8 Å². The van der Waals surface area contributed by atoms with E-state index < -0.39 is 17.7 Å². The average molecular weight is 480 g/mol. The van der Waals surface area contributed by atoms with Crippen molar-refractivity contribution < 1.29 is 18.7 Å². The predicted octanol–water partition coefficient (Wildman–Crippen LogP) is 3.88. The second kappa shape index (κ2) is 10.1. The summed E-state index contributed by atoms with van der Waals surface area (Å²) in [5.41, 5.74) is 2.84. The monoisotopic (exact) mass is 479 g/mol. The normalized spacial score (nSPS) is 22.5. The number of carbonyl (C=O) groups excluding carboxylic acids is 1. The number of hydrogen-bond acceptors (Lipinski definition) is 5. The molecule has 1 aromatic heterocycles. The number of halogens is 2. The SMILES string of the molecule is O=C(Nc1cc(F)ccc1F)N1CCCCN2[C@H](CO)[C@@H](c3ccc(-c4cncnc4)cc3)[C@H]2C1. The molecule has 9 heteroatoms. The number of carbonyl (C=O) groups is 1. The Morgan fingerprint density at radius 2 is 1.77 bits per heavy atom. The van der Waals surface area contributed by atoms with Gasteiger partial charge in [0.1, 0.15) is 18.0 Å². The van der Waals surface area contributed by atoms with E-state index in [1.807, 2.05) is 12.1 Å². The molecule has 2 fully saturated rings. The second-order valence-corrected chi connectivity index (χ2v) is 9.04. The van der Waals surface area contributed by atoms with E-state index in [2.05, 4.69) is 32.3 Å². The Balaban J connectivity index is 1.35. The van der Waals surface area contributed by atoms with Crippen molar-refractivity contribution in [2.24, 2.45) is 0 Å². The first-order chi connectivity index (χ1) is 17.0. The fourth-order valence-corrected chi connectivity index (χ4v) is 5.26. The van der Waals surface area contributed by atoms with Crippen LogP contribution in [0.15, 0.2) is 61.2 Å². The number of aliphatic hydroxyl groups is 1. The van der Waals surface area contributed by atoms with Gasteiger partial charge >= 0.3 is 6.03 Å². The van der Waals surface area contributed by atoms with Crippen molar-refractivity contribution in [3.8, 4) is 11.1 Å². The number of aromatic nitrogens is 2. The van der Waals surface area contributed by atoms with Gasteiger partial charge in [-0.25, -0.2) is 23.5 Å². The van der Waals surface area contributed by atoms with E-state index in [0.29, 0.717) is 13.1 Å². The molecule has 7 nitrogen and oxygen atoms in total. The van der Waals surface area contributed by atoms with Crippen LogP contribution in [0.4, 0.5) is 19.3 Å². The molecule has 0 unspecified atom stereocenters. The largest absolute Gasteiger partial charge is 0.395 e. The van der Waals surface area contributed by atoms with Crippen LogP contribution in [-0.4, -0.2) is 69.2 Å². The second-order valence-electron chi connectivity index (χ2n) is 9.04. The molecule has 0 bridgehead atoms. The van der Waals surface area contributed by atoms with Gasteiger partial charge in [-0.2, -0.15) is 0 Å². The molecule has 2 aliphatic rings. The first-order valence-corrected chi connectivity index (χ1v) is 11.8. The Hall–Kier alpha value is -3.43. The number of amides is 2. The molecule has 35 heavy (non-hydrogen) atoms. The van der Waals surface area contributed by atoms with Gasteiger partial charge in [-0.05, 0) is 42.6 Å². The number of hydrogen-bond donors (Lipinski definition) is 2. The Labute approximate surface area is 202 Å². The number of aliphatic hydroxyl groups excluding tert-OH is 1. The quantitative estimate of drug-likeness (QED) is 0.594. The Morgan fingerprint density at radius 1 is 1.03 bits per heavy atom. The fraction of sp³-hybridized carbons (Fsp3) is 0.346. The maximum absolute atomic E-state index is 14.1.